The van der Waals surface area contributed by atoms with Crippen LogP contribution < -0.4 is 5.84 Å². The van der Waals surface area contributed by atoms with E-state index in [4.69, 9.17) is 17.4 Å². The molecule has 96 valence electrons. The first-order valence-corrected chi connectivity index (χ1v) is 7.02. The highest BCUT2D eigenvalue weighted by Crippen LogP contribution is 2.23. The first-order chi connectivity index (χ1) is 8.58. The summed E-state index contributed by atoms with van der Waals surface area (Å²) in [6, 6.07) is 7.75. The number of thioether (sulfide) groups is 1. The van der Waals surface area contributed by atoms with Crippen LogP contribution in [0.2, 0.25) is 5.02 Å². The molecule has 2 rings (SSSR count). The minimum Gasteiger partial charge on any atom is -0.336 e. The van der Waals surface area contributed by atoms with Crippen molar-refractivity contribution in [1.82, 2.24) is 14.9 Å². The number of nitrogens with two attached hydrogens (primary N) is 1. The van der Waals surface area contributed by atoms with E-state index in [0.29, 0.717) is 0 Å². The average molecular weight is 283 g/mol. The van der Waals surface area contributed by atoms with E-state index in [1.54, 1.807) is 16.4 Å². The number of nitrogen functional groups attached to an aromatic ring is 1. The molecule has 0 radical (unpaired) electrons. The standard InChI is InChI=1S/C12H15ClN4S/c1-8(2)11-15-16-12(17(11)14)18-7-9-3-5-10(13)6-4-9/h3-6,8H,7,14H2,1-2H3. The van der Waals surface area contributed by atoms with Gasteiger partial charge in [0.1, 0.15) is 0 Å². The van der Waals surface area contributed by atoms with E-state index in [-0.39, 0.29) is 5.92 Å². The molecule has 0 aliphatic heterocycles. The van der Waals surface area contributed by atoms with E-state index in [0.717, 1.165) is 21.8 Å². The zero-order valence-corrected chi connectivity index (χ0v) is 11.9. The van der Waals surface area contributed by atoms with E-state index in [1.165, 1.54) is 5.56 Å². The van der Waals surface area contributed by atoms with Crippen LogP contribution in [0.3, 0.4) is 0 Å². The zero-order chi connectivity index (χ0) is 13.1. The Bertz CT molecular complexity index is 521. The first kappa shape index (κ1) is 13.2. The quantitative estimate of drug-likeness (QED) is 0.692. The van der Waals surface area contributed by atoms with E-state index in [9.17, 15) is 0 Å². The van der Waals surface area contributed by atoms with Gasteiger partial charge in [0.25, 0.3) is 0 Å². The number of halogens is 1. The van der Waals surface area contributed by atoms with Crippen molar-refractivity contribution in [3.63, 3.8) is 0 Å². The Morgan fingerprint density at radius 1 is 1.28 bits per heavy atom. The second kappa shape index (κ2) is 5.63. The lowest BCUT2D eigenvalue weighted by molar-refractivity contribution is 0.712. The SMILES string of the molecule is CC(C)c1nnc(SCc2ccc(Cl)cc2)n1N. The molecule has 0 amide bonds. The molecule has 0 aliphatic carbocycles. The highest BCUT2D eigenvalue weighted by Gasteiger charge is 2.12. The van der Waals surface area contributed by atoms with Crippen molar-refractivity contribution in [2.24, 2.45) is 0 Å². The maximum Gasteiger partial charge on any atom is 0.210 e. The normalized spacial score (nSPS) is 11.1. The van der Waals surface area contributed by atoms with Crippen molar-refractivity contribution in [3.8, 4) is 0 Å². The van der Waals surface area contributed by atoms with Crippen LogP contribution in [0.1, 0.15) is 31.2 Å². The first-order valence-electron chi connectivity index (χ1n) is 5.65. The molecule has 1 aromatic carbocycles. The lowest BCUT2D eigenvalue weighted by Crippen LogP contribution is -2.14. The molecule has 0 saturated heterocycles. The molecule has 2 N–H and O–H groups in total. The van der Waals surface area contributed by atoms with Crippen LogP contribution in [0.4, 0.5) is 0 Å². The fourth-order valence-electron chi connectivity index (χ4n) is 1.51. The fraction of sp³-hybridized carbons (Fsp3) is 0.333. The Morgan fingerprint density at radius 3 is 2.50 bits per heavy atom. The second-order valence-corrected chi connectivity index (χ2v) is 5.66. The van der Waals surface area contributed by atoms with Crippen LogP contribution in [0.15, 0.2) is 29.4 Å². The number of benzene rings is 1. The summed E-state index contributed by atoms with van der Waals surface area (Å²) in [5.41, 5.74) is 1.18. The molecular formula is C12H15ClN4S. The van der Waals surface area contributed by atoms with Crippen LogP contribution in [0, 0.1) is 0 Å². The van der Waals surface area contributed by atoms with Crippen molar-refractivity contribution in [3.05, 3.63) is 40.7 Å². The van der Waals surface area contributed by atoms with Gasteiger partial charge in [-0.3, -0.25) is 0 Å². The Balaban J connectivity index is 2.04. The van der Waals surface area contributed by atoms with Gasteiger partial charge in [-0.1, -0.05) is 49.3 Å². The smallest absolute Gasteiger partial charge is 0.210 e. The number of hydrogen-bond donors (Lipinski definition) is 1. The summed E-state index contributed by atoms with van der Waals surface area (Å²) in [7, 11) is 0. The minimum atomic E-state index is 0.271. The molecule has 0 aliphatic rings. The van der Waals surface area contributed by atoms with Gasteiger partial charge in [-0.2, -0.15) is 0 Å². The zero-order valence-electron chi connectivity index (χ0n) is 10.3. The lowest BCUT2D eigenvalue weighted by Gasteiger charge is -2.05. The van der Waals surface area contributed by atoms with Gasteiger partial charge in [-0.25, -0.2) is 4.68 Å². The van der Waals surface area contributed by atoms with E-state index in [1.807, 2.05) is 38.1 Å². The van der Waals surface area contributed by atoms with Crippen molar-refractivity contribution in [2.45, 2.75) is 30.7 Å². The molecule has 0 unspecified atom stereocenters. The summed E-state index contributed by atoms with van der Waals surface area (Å²) in [6.07, 6.45) is 0. The predicted octanol–water partition coefficient (Wildman–Crippen LogP) is 3.06. The molecule has 0 atom stereocenters. The fourth-order valence-corrected chi connectivity index (χ4v) is 2.45. The number of nitrogens with zero attached hydrogens (tertiary/aromatic N) is 3. The second-order valence-electron chi connectivity index (χ2n) is 4.28. The Labute approximate surface area is 116 Å². The summed E-state index contributed by atoms with van der Waals surface area (Å²) in [6.45, 7) is 4.09. The van der Waals surface area contributed by atoms with E-state index < -0.39 is 0 Å². The van der Waals surface area contributed by atoms with Gasteiger partial charge >= 0.3 is 0 Å². The van der Waals surface area contributed by atoms with Gasteiger partial charge in [0.2, 0.25) is 5.16 Å². The predicted molar refractivity (Wildman–Crippen MR) is 75.3 cm³/mol. The van der Waals surface area contributed by atoms with Gasteiger partial charge in [0, 0.05) is 16.7 Å². The largest absolute Gasteiger partial charge is 0.336 e. The Kier molecular flexibility index (Phi) is 4.14. The molecule has 0 bridgehead atoms. The van der Waals surface area contributed by atoms with Crippen LogP contribution in [0.5, 0.6) is 0 Å². The summed E-state index contributed by atoms with van der Waals surface area (Å²) >= 11 is 7.40. The summed E-state index contributed by atoms with van der Waals surface area (Å²) in [5, 5.41) is 9.66. The maximum atomic E-state index is 5.94. The summed E-state index contributed by atoms with van der Waals surface area (Å²) < 4.78 is 1.56. The monoisotopic (exact) mass is 282 g/mol. The van der Waals surface area contributed by atoms with Crippen molar-refractivity contribution in [2.75, 3.05) is 5.84 Å². The Morgan fingerprint density at radius 2 is 1.94 bits per heavy atom. The molecule has 0 spiro atoms. The van der Waals surface area contributed by atoms with E-state index >= 15 is 0 Å². The maximum absolute atomic E-state index is 5.94. The Hall–Kier alpha value is -1.20. The number of hydrogen-bond acceptors (Lipinski definition) is 4. The number of aromatic nitrogens is 3. The van der Waals surface area contributed by atoms with Gasteiger partial charge in [-0.05, 0) is 17.7 Å². The molecule has 0 fully saturated rings. The minimum absolute atomic E-state index is 0.271. The molecule has 4 nitrogen and oxygen atoms in total. The molecule has 18 heavy (non-hydrogen) atoms. The third kappa shape index (κ3) is 2.97. The van der Waals surface area contributed by atoms with Crippen molar-refractivity contribution in [1.29, 1.82) is 0 Å². The average Bonchev–Trinajstić information content (AvgIpc) is 2.70. The molecule has 2 aromatic rings. The summed E-state index contributed by atoms with van der Waals surface area (Å²) in [5.74, 6) is 7.81. The lowest BCUT2D eigenvalue weighted by atomic mass is 10.2. The van der Waals surface area contributed by atoms with Crippen LogP contribution in [-0.4, -0.2) is 14.9 Å². The van der Waals surface area contributed by atoms with Gasteiger partial charge in [-0.15, -0.1) is 10.2 Å². The van der Waals surface area contributed by atoms with Crippen molar-refractivity contribution < 1.29 is 0 Å². The van der Waals surface area contributed by atoms with Gasteiger partial charge in [0.05, 0.1) is 0 Å². The number of rotatable bonds is 4. The molecule has 6 heteroatoms. The van der Waals surface area contributed by atoms with Crippen LogP contribution in [-0.2, 0) is 5.75 Å². The summed E-state index contributed by atoms with van der Waals surface area (Å²) in [4.78, 5) is 0. The third-order valence-electron chi connectivity index (χ3n) is 2.49. The van der Waals surface area contributed by atoms with Crippen LogP contribution in [0.25, 0.3) is 0 Å². The highest BCUT2D eigenvalue weighted by molar-refractivity contribution is 7.98. The molecule has 1 heterocycles. The van der Waals surface area contributed by atoms with Gasteiger partial charge < -0.3 is 5.84 Å². The molecule has 0 saturated carbocycles. The van der Waals surface area contributed by atoms with Gasteiger partial charge in [0.15, 0.2) is 5.82 Å². The third-order valence-corrected chi connectivity index (χ3v) is 3.75. The highest BCUT2D eigenvalue weighted by atomic mass is 35.5. The molecular weight excluding hydrogens is 268 g/mol. The van der Waals surface area contributed by atoms with E-state index in [2.05, 4.69) is 10.2 Å². The van der Waals surface area contributed by atoms with Crippen LogP contribution >= 0.6 is 23.4 Å². The molecule has 1 aromatic heterocycles. The topological polar surface area (TPSA) is 56.7 Å². The van der Waals surface area contributed by atoms with Crippen molar-refractivity contribution >= 4 is 23.4 Å².